The van der Waals surface area contributed by atoms with Gasteiger partial charge in [-0.3, -0.25) is 4.79 Å². The largest absolute Gasteiger partial charge is 0.366 e. The van der Waals surface area contributed by atoms with Gasteiger partial charge in [-0.05, 0) is 12.8 Å². The lowest BCUT2D eigenvalue weighted by Crippen LogP contribution is -2.35. The highest BCUT2D eigenvalue weighted by Gasteiger charge is 2.40. The van der Waals surface area contributed by atoms with Crippen molar-refractivity contribution in [2.45, 2.75) is 38.4 Å². The summed E-state index contributed by atoms with van der Waals surface area (Å²) < 4.78 is 5.54. The van der Waals surface area contributed by atoms with Gasteiger partial charge in [-0.2, -0.15) is 0 Å². The molecule has 14 heavy (non-hydrogen) atoms. The van der Waals surface area contributed by atoms with E-state index in [4.69, 9.17) is 4.74 Å². The van der Waals surface area contributed by atoms with E-state index in [0.29, 0.717) is 0 Å². The second-order valence-corrected chi connectivity index (χ2v) is 4.01. The molecule has 3 nitrogen and oxygen atoms in total. The maximum atomic E-state index is 11.7. The summed E-state index contributed by atoms with van der Waals surface area (Å²) in [6, 6.07) is 0. The van der Waals surface area contributed by atoms with Gasteiger partial charge in [0.05, 0.1) is 18.1 Å². The monoisotopic (exact) mass is 195 g/mol. The Kier molecular flexibility index (Phi) is 2.87. The topological polar surface area (TPSA) is 38.3 Å². The first-order chi connectivity index (χ1) is 6.81. The molecule has 3 unspecified atom stereocenters. The van der Waals surface area contributed by atoms with Crippen LogP contribution >= 0.6 is 0 Å². The molecule has 2 heterocycles. The maximum absolute atomic E-state index is 11.7. The Morgan fingerprint density at radius 2 is 2.43 bits per heavy atom. The number of unbranched alkanes of at least 4 members (excludes halogenated alkanes) is 1. The van der Waals surface area contributed by atoms with Crippen LogP contribution in [0.4, 0.5) is 0 Å². The molecule has 0 aromatic carbocycles. The Hall–Kier alpha value is -0.830. The Morgan fingerprint density at radius 1 is 1.57 bits per heavy atom. The van der Waals surface area contributed by atoms with Gasteiger partial charge in [0, 0.05) is 6.54 Å². The third kappa shape index (κ3) is 1.82. The number of carbonyl (C=O) groups is 1. The van der Waals surface area contributed by atoms with Gasteiger partial charge in [-0.25, -0.2) is 0 Å². The van der Waals surface area contributed by atoms with E-state index in [1.54, 1.807) is 0 Å². The predicted octanol–water partition coefficient (Wildman–Crippen LogP) is 1.25. The lowest BCUT2D eigenvalue weighted by molar-refractivity contribution is -0.125. The van der Waals surface area contributed by atoms with Crippen LogP contribution in [-0.4, -0.2) is 24.7 Å². The molecular weight excluding hydrogens is 178 g/mol. The molecule has 1 amide bonds. The third-order valence-corrected chi connectivity index (χ3v) is 2.90. The normalized spacial score (nSPS) is 33.6. The van der Waals surface area contributed by atoms with Gasteiger partial charge in [0.1, 0.15) is 0 Å². The van der Waals surface area contributed by atoms with Gasteiger partial charge in [0.25, 0.3) is 0 Å². The van der Waals surface area contributed by atoms with E-state index in [9.17, 15) is 4.79 Å². The molecule has 0 aromatic rings. The minimum absolute atomic E-state index is 0.0432. The van der Waals surface area contributed by atoms with Crippen LogP contribution in [0.2, 0.25) is 0 Å². The zero-order valence-corrected chi connectivity index (χ0v) is 8.53. The Bertz CT molecular complexity index is 250. The van der Waals surface area contributed by atoms with Crippen molar-refractivity contribution in [3.63, 3.8) is 0 Å². The quantitative estimate of drug-likeness (QED) is 0.541. The maximum Gasteiger partial charge on any atom is 0.226 e. The lowest BCUT2D eigenvalue weighted by Gasteiger charge is -2.14. The minimum Gasteiger partial charge on any atom is -0.366 e. The summed E-state index contributed by atoms with van der Waals surface area (Å²) in [4.78, 5) is 11.7. The first-order valence-electron chi connectivity index (χ1n) is 5.42. The Labute approximate surface area is 84.5 Å². The summed E-state index contributed by atoms with van der Waals surface area (Å²) in [5, 5.41) is 2.96. The highest BCUT2D eigenvalue weighted by molar-refractivity contribution is 5.80. The van der Waals surface area contributed by atoms with Gasteiger partial charge in [-0.1, -0.05) is 25.5 Å². The standard InChI is InChI=1S/C11H17NO2/c1-2-3-6-12-11(13)9-7-8-4-5-10(9)14-8/h4-5,8-10H,2-3,6-7H2,1H3,(H,12,13). The molecule has 1 fully saturated rings. The third-order valence-electron chi connectivity index (χ3n) is 2.90. The molecule has 0 spiro atoms. The predicted molar refractivity (Wildman–Crippen MR) is 53.8 cm³/mol. The number of hydrogen-bond acceptors (Lipinski definition) is 2. The van der Waals surface area contributed by atoms with Gasteiger partial charge in [-0.15, -0.1) is 0 Å². The summed E-state index contributed by atoms with van der Waals surface area (Å²) in [5.41, 5.74) is 0. The van der Waals surface area contributed by atoms with Gasteiger partial charge in [0.2, 0.25) is 5.91 Å². The van der Waals surface area contributed by atoms with E-state index < -0.39 is 0 Å². The SMILES string of the molecule is CCCCNC(=O)C1CC2C=CC1O2. The zero-order chi connectivity index (χ0) is 9.97. The fourth-order valence-electron chi connectivity index (χ4n) is 2.05. The molecule has 2 bridgehead atoms. The van der Waals surface area contributed by atoms with E-state index in [2.05, 4.69) is 18.3 Å². The summed E-state index contributed by atoms with van der Waals surface area (Å²) in [6.07, 6.45) is 7.35. The fraction of sp³-hybridized carbons (Fsp3) is 0.727. The van der Waals surface area contributed by atoms with Crippen molar-refractivity contribution in [2.75, 3.05) is 6.54 Å². The van der Waals surface area contributed by atoms with Gasteiger partial charge < -0.3 is 10.1 Å². The molecule has 1 saturated heterocycles. The molecular formula is C11H17NO2. The molecule has 0 aliphatic carbocycles. The molecule has 2 aliphatic heterocycles. The molecule has 3 atom stereocenters. The van der Waals surface area contributed by atoms with Gasteiger partial charge in [0.15, 0.2) is 0 Å². The number of amides is 1. The van der Waals surface area contributed by atoms with E-state index in [0.717, 1.165) is 25.8 Å². The first-order valence-corrected chi connectivity index (χ1v) is 5.42. The number of carbonyl (C=O) groups excluding carboxylic acids is 1. The fourth-order valence-corrected chi connectivity index (χ4v) is 2.05. The second-order valence-electron chi connectivity index (χ2n) is 4.01. The number of nitrogens with one attached hydrogen (secondary N) is 1. The summed E-state index contributed by atoms with van der Waals surface area (Å²) in [5.74, 6) is 0.220. The minimum atomic E-state index is 0.0432. The van der Waals surface area contributed by atoms with Crippen LogP contribution < -0.4 is 5.32 Å². The summed E-state index contributed by atoms with van der Waals surface area (Å²) in [7, 11) is 0. The number of fused-ring (bicyclic) bond motifs is 2. The van der Waals surface area contributed by atoms with Crippen LogP contribution in [0.1, 0.15) is 26.2 Å². The van der Waals surface area contributed by atoms with Crippen molar-refractivity contribution in [1.29, 1.82) is 0 Å². The van der Waals surface area contributed by atoms with Crippen LogP contribution in [0, 0.1) is 5.92 Å². The second kappa shape index (κ2) is 4.13. The van der Waals surface area contributed by atoms with Crippen molar-refractivity contribution >= 4 is 5.91 Å². The molecule has 0 saturated carbocycles. The van der Waals surface area contributed by atoms with Crippen LogP contribution in [0.5, 0.6) is 0 Å². The van der Waals surface area contributed by atoms with Crippen molar-refractivity contribution in [1.82, 2.24) is 5.32 Å². The van der Waals surface area contributed by atoms with Crippen molar-refractivity contribution in [3.05, 3.63) is 12.2 Å². The Morgan fingerprint density at radius 3 is 3.00 bits per heavy atom. The van der Waals surface area contributed by atoms with E-state index >= 15 is 0 Å². The van der Waals surface area contributed by atoms with Crippen LogP contribution in [-0.2, 0) is 9.53 Å². The molecule has 2 rings (SSSR count). The molecule has 3 heteroatoms. The Balaban J connectivity index is 1.79. The molecule has 2 aliphatic rings. The average molecular weight is 195 g/mol. The number of rotatable bonds is 4. The molecule has 1 N–H and O–H groups in total. The summed E-state index contributed by atoms with van der Waals surface area (Å²) >= 11 is 0. The van der Waals surface area contributed by atoms with E-state index in [-0.39, 0.29) is 24.0 Å². The van der Waals surface area contributed by atoms with E-state index in [1.807, 2.05) is 6.08 Å². The van der Waals surface area contributed by atoms with Crippen LogP contribution in [0.15, 0.2) is 12.2 Å². The first kappa shape index (κ1) is 9.71. The summed E-state index contributed by atoms with van der Waals surface area (Å²) in [6.45, 7) is 2.92. The number of hydrogen-bond donors (Lipinski definition) is 1. The van der Waals surface area contributed by atoms with Crippen LogP contribution in [0.3, 0.4) is 0 Å². The van der Waals surface area contributed by atoms with Crippen molar-refractivity contribution < 1.29 is 9.53 Å². The molecule has 0 aromatic heterocycles. The highest BCUT2D eigenvalue weighted by Crippen LogP contribution is 2.33. The highest BCUT2D eigenvalue weighted by atomic mass is 16.5. The lowest BCUT2D eigenvalue weighted by atomic mass is 9.93. The smallest absolute Gasteiger partial charge is 0.226 e. The van der Waals surface area contributed by atoms with Crippen LogP contribution in [0.25, 0.3) is 0 Å². The zero-order valence-electron chi connectivity index (χ0n) is 8.53. The van der Waals surface area contributed by atoms with Gasteiger partial charge >= 0.3 is 0 Å². The molecule has 0 radical (unpaired) electrons. The number of ether oxygens (including phenoxy) is 1. The van der Waals surface area contributed by atoms with Crippen molar-refractivity contribution in [2.24, 2.45) is 5.92 Å². The average Bonchev–Trinajstić information content (AvgIpc) is 2.79. The van der Waals surface area contributed by atoms with E-state index in [1.165, 1.54) is 0 Å². The molecule has 78 valence electrons. The van der Waals surface area contributed by atoms with Crippen molar-refractivity contribution in [3.8, 4) is 0 Å².